The third-order valence-corrected chi connectivity index (χ3v) is 3.50. The number of pyridine rings is 1. The Hall–Kier alpha value is -1.82. The third-order valence-electron chi connectivity index (χ3n) is 3.50. The smallest absolute Gasteiger partial charge is 0.252 e. The first kappa shape index (κ1) is 14.6. The summed E-state index contributed by atoms with van der Waals surface area (Å²) in [4.78, 5) is 26.2. The summed E-state index contributed by atoms with van der Waals surface area (Å²) in [5, 5.41) is 5.95. The zero-order valence-electron chi connectivity index (χ0n) is 12.1. The normalized spacial score (nSPS) is 13.4. The molecule has 6 heteroatoms. The van der Waals surface area contributed by atoms with Crippen molar-refractivity contribution >= 4 is 11.7 Å². The second kappa shape index (κ2) is 6.56. The van der Waals surface area contributed by atoms with E-state index in [-0.39, 0.29) is 11.5 Å². The summed E-state index contributed by atoms with van der Waals surface area (Å²) in [7, 11) is 0. The maximum absolute atomic E-state index is 12.0. The Labute approximate surface area is 118 Å². The average Bonchev–Trinajstić information content (AvgIpc) is 2.87. The number of rotatable bonds is 6. The fraction of sp³-hybridized carbons (Fsp3) is 0.571. The molecular weight excluding hydrogens is 256 g/mol. The van der Waals surface area contributed by atoms with Gasteiger partial charge in [-0.05, 0) is 19.5 Å². The molecule has 1 aromatic rings. The minimum atomic E-state index is -0.189. The van der Waals surface area contributed by atoms with E-state index in [4.69, 9.17) is 0 Å². The van der Waals surface area contributed by atoms with Gasteiger partial charge in [0.05, 0.1) is 0 Å². The second-order valence-corrected chi connectivity index (χ2v) is 4.78. The van der Waals surface area contributed by atoms with Gasteiger partial charge in [-0.3, -0.25) is 14.2 Å². The highest BCUT2D eigenvalue weighted by molar-refractivity contribution is 5.94. The number of fused-ring (bicyclic) bond motifs is 1. The van der Waals surface area contributed by atoms with Crippen LogP contribution in [-0.2, 0) is 6.54 Å². The van der Waals surface area contributed by atoms with Crippen LogP contribution in [0.25, 0.3) is 0 Å². The first-order valence-electron chi connectivity index (χ1n) is 7.16. The molecule has 2 rings (SSSR count). The molecule has 0 aliphatic carbocycles. The van der Waals surface area contributed by atoms with Crippen LogP contribution in [-0.4, -0.2) is 43.2 Å². The molecule has 2 heterocycles. The van der Waals surface area contributed by atoms with E-state index < -0.39 is 0 Å². The summed E-state index contributed by atoms with van der Waals surface area (Å²) in [5.74, 6) is 0.656. The third kappa shape index (κ3) is 3.01. The number of amides is 1. The number of aromatic nitrogens is 1. The highest BCUT2D eigenvalue weighted by Gasteiger charge is 2.20. The van der Waals surface area contributed by atoms with Crippen LogP contribution in [0.2, 0.25) is 0 Å². The van der Waals surface area contributed by atoms with Crippen LogP contribution in [0.4, 0.5) is 5.82 Å². The number of hydrogen-bond acceptors (Lipinski definition) is 4. The summed E-state index contributed by atoms with van der Waals surface area (Å²) in [6, 6.07) is 3.23. The lowest BCUT2D eigenvalue weighted by Gasteiger charge is -2.16. The van der Waals surface area contributed by atoms with E-state index in [1.165, 1.54) is 6.07 Å². The van der Waals surface area contributed by atoms with Crippen molar-refractivity contribution in [3.05, 3.63) is 28.0 Å². The maximum atomic E-state index is 12.0. The van der Waals surface area contributed by atoms with Crippen LogP contribution in [0.5, 0.6) is 0 Å². The zero-order chi connectivity index (χ0) is 14.5. The van der Waals surface area contributed by atoms with Gasteiger partial charge in [-0.15, -0.1) is 0 Å². The molecule has 1 aliphatic heterocycles. The van der Waals surface area contributed by atoms with Crippen LogP contribution in [0.15, 0.2) is 16.9 Å². The molecule has 0 atom stereocenters. The number of carbonyl (C=O) groups excluding carboxylic acids is 1. The molecule has 1 aromatic heterocycles. The Balaban J connectivity index is 2.11. The topological polar surface area (TPSA) is 66.4 Å². The van der Waals surface area contributed by atoms with Crippen LogP contribution < -0.4 is 21.1 Å². The van der Waals surface area contributed by atoms with E-state index in [0.717, 1.165) is 32.0 Å². The van der Waals surface area contributed by atoms with Crippen LogP contribution in [0, 0.1) is 0 Å². The van der Waals surface area contributed by atoms with Crippen molar-refractivity contribution in [1.29, 1.82) is 0 Å². The number of nitrogens with zero attached hydrogens (tertiary/aromatic N) is 2. The lowest BCUT2D eigenvalue weighted by atomic mass is 10.2. The van der Waals surface area contributed by atoms with Crippen LogP contribution in [0.3, 0.4) is 0 Å². The predicted octanol–water partition coefficient (Wildman–Crippen LogP) is 0.0275. The van der Waals surface area contributed by atoms with Gasteiger partial charge in [0.1, 0.15) is 5.82 Å². The molecule has 20 heavy (non-hydrogen) atoms. The fourth-order valence-corrected chi connectivity index (χ4v) is 2.40. The molecule has 1 amide bonds. The van der Waals surface area contributed by atoms with Crippen molar-refractivity contribution in [2.24, 2.45) is 0 Å². The van der Waals surface area contributed by atoms with Gasteiger partial charge in [0.15, 0.2) is 0 Å². The number of likely N-dealkylation sites (N-methyl/N-ethyl adjacent to an activating group) is 2. The lowest BCUT2D eigenvalue weighted by molar-refractivity contribution is 0.0953. The Morgan fingerprint density at radius 1 is 1.25 bits per heavy atom. The monoisotopic (exact) mass is 278 g/mol. The second-order valence-electron chi connectivity index (χ2n) is 4.78. The largest absolute Gasteiger partial charge is 0.356 e. The number of carbonyl (C=O) groups is 1. The molecule has 0 radical (unpaired) electrons. The quantitative estimate of drug-likeness (QED) is 0.720. The minimum Gasteiger partial charge on any atom is -0.356 e. The van der Waals surface area contributed by atoms with Gasteiger partial charge in [0, 0.05) is 44.4 Å². The Kier molecular flexibility index (Phi) is 4.79. The average molecular weight is 278 g/mol. The number of nitrogens with one attached hydrogen (secondary N) is 2. The van der Waals surface area contributed by atoms with E-state index in [1.54, 1.807) is 10.6 Å². The van der Waals surface area contributed by atoms with Gasteiger partial charge in [0.25, 0.3) is 11.5 Å². The van der Waals surface area contributed by atoms with Crippen molar-refractivity contribution < 1.29 is 4.79 Å². The number of anilines is 1. The van der Waals surface area contributed by atoms with Crippen molar-refractivity contribution in [2.45, 2.75) is 20.4 Å². The van der Waals surface area contributed by atoms with Crippen LogP contribution >= 0.6 is 0 Å². The molecule has 0 spiro atoms. The Bertz CT molecular complexity index is 538. The molecule has 0 bridgehead atoms. The summed E-state index contributed by atoms with van der Waals surface area (Å²) < 4.78 is 1.72. The molecule has 1 aliphatic rings. The fourth-order valence-electron chi connectivity index (χ4n) is 2.40. The molecule has 0 saturated carbocycles. The summed E-state index contributed by atoms with van der Waals surface area (Å²) in [6.07, 6.45) is 0. The van der Waals surface area contributed by atoms with Gasteiger partial charge in [-0.2, -0.15) is 0 Å². The lowest BCUT2D eigenvalue weighted by Crippen LogP contribution is -2.33. The molecule has 2 N–H and O–H groups in total. The first-order chi connectivity index (χ1) is 9.67. The van der Waals surface area contributed by atoms with Gasteiger partial charge in [0.2, 0.25) is 0 Å². The van der Waals surface area contributed by atoms with Gasteiger partial charge in [-0.1, -0.05) is 6.92 Å². The van der Waals surface area contributed by atoms with Crippen LogP contribution in [0.1, 0.15) is 24.2 Å². The number of hydrogen-bond donors (Lipinski definition) is 2. The van der Waals surface area contributed by atoms with Crippen molar-refractivity contribution in [2.75, 3.05) is 37.6 Å². The molecule has 0 fully saturated rings. The molecule has 110 valence electrons. The molecule has 6 nitrogen and oxygen atoms in total. The van der Waals surface area contributed by atoms with Crippen molar-refractivity contribution in [1.82, 2.24) is 15.2 Å². The maximum Gasteiger partial charge on any atom is 0.252 e. The molecule has 0 saturated heterocycles. The van der Waals surface area contributed by atoms with Gasteiger partial charge in [-0.25, -0.2) is 0 Å². The molecule has 0 unspecified atom stereocenters. The Morgan fingerprint density at radius 2 is 2.05 bits per heavy atom. The van der Waals surface area contributed by atoms with Crippen molar-refractivity contribution in [3.63, 3.8) is 0 Å². The predicted molar refractivity (Wildman–Crippen MR) is 79.5 cm³/mol. The van der Waals surface area contributed by atoms with E-state index in [2.05, 4.69) is 15.5 Å². The Morgan fingerprint density at radius 3 is 2.75 bits per heavy atom. The first-order valence-corrected chi connectivity index (χ1v) is 7.16. The summed E-state index contributed by atoms with van der Waals surface area (Å²) in [6.45, 7) is 8.59. The van der Waals surface area contributed by atoms with Crippen molar-refractivity contribution in [3.8, 4) is 0 Å². The summed E-state index contributed by atoms with van der Waals surface area (Å²) in [5.41, 5.74) is 0.341. The van der Waals surface area contributed by atoms with Gasteiger partial charge < -0.3 is 15.5 Å². The standard InChI is InChI=1S/C14H22N4O2/c1-3-15-5-6-16-14(20)11-9-12-17(4-2)7-8-18(12)13(19)10-11/h9-10,15H,3-8H2,1-2H3,(H,16,20). The minimum absolute atomic E-state index is 0.102. The van der Waals surface area contributed by atoms with E-state index in [0.29, 0.717) is 18.7 Å². The molecule has 0 aromatic carbocycles. The van der Waals surface area contributed by atoms with E-state index in [9.17, 15) is 9.59 Å². The van der Waals surface area contributed by atoms with E-state index >= 15 is 0 Å². The highest BCUT2D eigenvalue weighted by atomic mass is 16.2. The van der Waals surface area contributed by atoms with E-state index in [1.807, 2.05) is 13.8 Å². The zero-order valence-corrected chi connectivity index (χ0v) is 12.1. The highest BCUT2D eigenvalue weighted by Crippen LogP contribution is 2.19. The van der Waals surface area contributed by atoms with Gasteiger partial charge >= 0.3 is 0 Å². The molecular formula is C14H22N4O2. The SMILES string of the molecule is CCNCCNC(=O)c1cc2n(c(=O)c1)CCN2CC. The summed E-state index contributed by atoms with van der Waals surface area (Å²) >= 11 is 0.